The Morgan fingerprint density at radius 1 is 1.44 bits per heavy atom. The Morgan fingerprint density at radius 3 is 2.78 bits per heavy atom. The number of hydrogen-bond donors (Lipinski definition) is 1. The number of nitrogen functional groups attached to an aromatic ring is 1. The summed E-state index contributed by atoms with van der Waals surface area (Å²) in [7, 11) is 0. The number of ether oxygens (including phenoxy) is 1. The molecule has 27 heavy (non-hydrogen) atoms. The van der Waals surface area contributed by atoms with Gasteiger partial charge in [-0.25, -0.2) is 9.78 Å². The van der Waals surface area contributed by atoms with Crippen molar-refractivity contribution in [2.45, 2.75) is 19.9 Å². The minimum atomic E-state index is -0.716. The van der Waals surface area contributed by atoms with E-state index in [-0.39, 0.29) is 29.3 Å². The third-order valence-corrected chi connectivity index (χ3v) is 4.05. The van der Waals surface area contributed by atoms with Gasteiger partial charge in [0.05, 0.1) is 18.1 Å². The van der Waals surface area contributed by atoms with E-state index in [4.69, 9.17) is 10.5 Å². The summed E-state index contributed by atoms with van der Waals surface area (Å²) in [6.45, 7) is 5.57. The molecule has 2 rings (SSSR count). The molecule has 0 fully saturated rings. The predicted molar refractivity (Wildman–Crippen MR) is 107 cm³/mol. The third kappa shape index (κ3) is 5.04. The van der Waals surface area contributed by atoms with Crippen molar-refractivity contribution in [3.8, 4) is 0 Å². The highest BCUT2D eigenvalue weighted by atomic mass is 79.9. The van der Waals surface area contributed by atoms with Crippen molar-refractivity contribution in [1.82, 2.24) is 4.98 Å². The lowest BCUT2D eigenvalue weighted by Crippen LogP contribution is -2.32. The predicted octanol–water partition coefficient (Wildman–Crippen LogP) is 4.23. The molecule has 1 heterocycles. The molecule has 2 N–H and O–H groups in total. The van der Waals surface area contributed by atoms with Crippen LogP contribution < -0.4 is 10.6 Å². The molecule has 0 radical (unpaired) electrons. The van der Waals surface area contributed by atoms with E-state index in [0.717, 1.165) is 11.1 Å². The molecule has 1 amide bonds. The van der Waals surface area contributed by atoms with Gasteiger partial charge in [0.2, 0.25) is 5.82 Å². The van der Waals surface area contributed by atoms with Gasteiger partial charge >= 0.3 is 11.8 Å². The zero-order valence-corrected chi connectivity index (χ0v) is 16.3. The summed E-state index contributed by atoms with van der Waals surface area (Å²) in [6.07, 6.45) is 1.72. The number of anilines is 2. The van der Waals surface area contributed by atoms with Crippen LogP contribution in [0.25, 0.3) is 0 Å². The Labute approximate surface area is 164 Å². The average Bonchev–Trinajstić information content (AvgIpc) is 2.59. The molecule has 0 spiro atoms. The highest BCUT2D eigenvalue weighted by Crippen LogP contribution is 2.36. The van der Waals surface area contributed by atoms with Gasteiger partial charge in [0.15, 0.2) is 0 Å². The molecular formula is C18H19BrN4O4. The van der Waals surface area contributed by atoms with Crippen LogP contribution in [0, 0.1) is 10.1 Å². The molecule has 9 heteroatoms. The zero-order valence-electron chi connectivity index (χ0n) is 14.7. The Balaban J connectivity index is 2.53. The van der Waals surface area contributed by atoms with Crippen LogP contribution in [0.4, 0.5) is 22.0 Å². The van der Waals surface area contributed by atoms with Crippen molar-refractivity contribution in [1.29, 1.82) is 0 Å². The summed E-state index contributed by atoms with van der Waals surface area (Å²) < 4.78 is 5.37. The largest absolute Gasteiger partial charge is 0.449 e. The molecule has 0 saturated carbocycles. The molecule has 2 aromatic rings. The summed E-state index contributed by atoms with van der Waals surface area (Å²) in [5.41, 5.74) is 7.07. The summed E-state index contributed by atoms with van der Waals surface area (Å²) in [4.78, 5) is 28.4. The van der Waals surface area contributed by atoms with Crippen molar-refractivity contribution < 1.29 is 14.5 Å². The lowest BCUT2D eigenvalue weighted by atomic mass is 10.1. The van der Waals surface area contributed by atoms with E-state index in [1.165, 1.54) is 11.0 Å². The van der Waals surface area contributed by atoms with E-state index in [1.54, 1.807) is 13.0 Å². The summed E-state index contributed by atoms with van der Waals surface area (Å²) in [5.74, 6) is -0.293. The van der Waals surface area contributed by atoms with E-state index in [9.17, 15) is 14.9 Å². The van der Waals surface area contributed by atoms with Crippen molar-refractivity contribution >= 4 is 39.2 Å². The molecule has 0 aliphatic heterocycles. The number of halogens is 1. The van der Waals surface area contributed by atoms with Crippen molar-refractivity contribution in [2.24, 2.45) is 0 Å². The SMILES string of the molecule is C=CCc1cccc(CN(C(=O)OCC)c2cc(Br)nc(N)c2[N+](=O)[O-])c1. The van der Waals surface area contributed by atoms with Gasteiger partial charge < -0.3 is 10.5 Å². The fraction of sp³-hybridized carbons (Fsp3) is 0.222. The summed E-state index contributed by atoms with van der Waals surface area (Å²) >= 11 is 3.17. The maximum Gasteiger partial charge on any atom is 0.414 e. The summed E-state index contributed by atoms with van der Waals surface area (Å²) in [5, 5.41) is 11.5. The molecule has 0 bridgehead atoms. The van der Waals surface area contributed by atoms with Gasteiger partial charge in [0, 0.05) is 6.07 Å². The smallest absolute Gasteiger partial charge is 0.414 e. The highest BCUT2D eigenvalue weighted by Gasteiger charge is 2.29. The maximum atomic E-state index is 12.5. The molecule has 0 unspecified atom stereocenters. The van der Waals surface area contributed by atoms with E-state index in [1.807, 2.05) is 24.3 Å². The first-order chi connectivity index (χ1) is 12.9. The van der Waals surface area contributed by atoms with Crippen molar-refractivity contribution in [3.05, 3.63) is 68.8 Å². The number of hydrogen-bond acceptors (Lipinski definition) is 6. The Hall–Kier alpha value is -2.94. The molecule has 0 saturated heterocycles. The minimum Gasteiger partial charge on any atom is -0.449 e. The average molecular weight is 435 g/mol. The normalized spacial score (nSPS) is 10.3. The number of carbonyl (C=O) groups is 1. The van der Waals surface area contributed by atoms with Crippen molar-refractivity contribution in [2.75, 3.05) is 17.2 Å². The van der Waals surface area contributed by atoms with Crippen LogP contribution in [0.1, 0.15) is 18.1 Å². The molecule has 1 aromatic heterocycles. The van der Waals surface area contributed by atoms with Gasteiger partial charge in [-0.3, -0.25) is 15.0 Å². The van der Waals surface area contributed by atoms with Gasteiger partial charge in [-0.05, 0) is 40.4 Å². The van der Waals surface area contributed by atoms with Crippen LogP contribution in [0.2, 0.25) is 0 Å². The van der Waals surface area contributed by atoms with E-state index in [2.05, 4.69) is 27.5 Å². The number of amides is 1. The highest BCUT2D eigenvalue weighted by molar-refractivity contribution is 9.10. The quantitative estimate of drug-likeness (QED) is 0.302. The van der Waals surface area contributed by atoms with Gasteiger partial charge in [0.1, 0.15) is 10.3 Å². The number of nitrogens with zero attached hydrogens (tertiary/aromatic N) is 3. The van der Waals surface area contributed by atoms with Gasteiger partial charge in [-0.1, -0.05) is 30.3 Å². The fourth-order valence-corrected chi connectivity index (χ4v) is 2.97. The van der Waals surface area contributed by atoms with Gasteiger partial charge in [0.25, 0.3) is 0 Å². The number of pyridine rings is 1. The Morgan fingerprint density at radius 2 is 2.15 bits per heavy atom. The zero-order chi connectivity index (χ0) is 20.0. The molecule has 0 aliphatic rings. The van der Waals surface area contributed by atoms with E-state index >= 15 is 0 Å². The Bertz CT molecular complexity index is 872. The van der Waals surface area contributed by atoms with Crippen LogP contribution >= 0.6 is 15.9 Å². The van der Waals surface area contributed by atoms with Gasteiger partial charge in [-0.2, -0.15) is 0 Å². The van der Waals surface area contributed by atoms with Crippen LogP contribution in [0.3, 0.4) is 0 Å². The second-order valence-electron chi connectivity index (χ2n) is 5.55. The summed E-state index contributed by atoms with van der Waals surface area (Å²) in [6, 6.07) is 8.88. The lowest BCUT2D eigenvalue weighted by Gasteiger charge is -2.22. The monoisotopic (exact) mass is 434 g/mol. The van der Waals surface area contributed by atoms with Crippen molar-refractivity contribution in [3.63, 3.8) is 0 Å². The first kappa shape index (κ1) is 20.4. The van der Waals surface area contributed by atoms with Crippen LogP contribution in [-0.4, -0.2) is 22.6 Å². The lowest BCUT2D eigenvalue weighted by molar-refractivity contribution is -0.383. The van der Waals surface area contributed by atoms with Crippen LogP contribution in [0.5, 0.6) is 0 Å². The molecule has 8 nitrogen and oxygen atoms in total. The number of aromatic nitrogens is 1. The number of rotatable bonds is 7. The maximum absolute atomic E-state index is 12.5. The number of nitrogens with two attached hydrogens (primary N) is 1. The van der Waals surface area contributed by atoms with Gasteiger partial charge in [-0.15, -0.1) is 6.58 Å². The third-order valence-electron chi connectivity index (χ3n) is 3.64. The number of carbonyl (C=O) groups excluding carboxylic acids is 1. The molecule has 0 atom stereocenters. The Kier molecular flexibility index (Phi) is 6.89. The van der Waals surface area contributed by atoms with E-state index < -0.39 is 16.7 Å². The molecule has 0 aliphatic carbocycles. The van der Waals surface area contributed by atoms with Crippen LogP contribution in [0.15, 0.2) is 47.6 Å². The minimum absolute atomic E-state index is 0.00643. The van der Waals surface area contributed by atoms with E-state index in [0.29, 0.717) is 6.42 Å². The molecule has 1 aromatic carbocycles. The van der Waals surface area contributed by atoms with Crippen LogP contribution in [-0.2, 0) is 17.7 Å². The topological polar surface area (TPSA) is 112 Å². The fourth-order valence-electron chi connectivity index (χ4n) is 2.56. The first-order valence-corrected chi connectivity index (χ1v) is 8.90. The number of nitro groups is 1. The number of benzene rings is 1. The number of allylic oxidation sites excluding steroid dienone is 1. The standard InChI is InChI=1S/C18H19BrN4O4/c1-3-6-12-7-5-8-13(9-12)11-22(18(24)27-4-2)14-10-15(19)21-17(20)16(14)23(25)26/h3,5,7-10H,1,4,6,11H2,2H3,(H2,20,21). The first-order valence-electron chi connectivity index (χ1n) is 8.10. The molecule has 142 valence electrons. The second kappa shape index (κ2) is 9.13. The second-order valence-corrected chi connectivity index (χ2v) is 6.37. The molecular weight excluding hydrogens is 416 g/mol.